The first-order valence-electron chi connectivity index (χ1n) is 7.40. The van der Waals surface area contributed by atoms with Crippen LogP contribution in [0.4, 0.5) is 4.39 Å². The lowest BCUT2D eigenvalue weighted by molar-refractivity contribution is -0.133. The zero-order chi connectivity index (χ0) is 15.6. The average Bonchev–Trinajstić information content (AvgIpc) is 2.53. The van der Waals surface area contributed by atoms with E-state index in [0.29, 0.717) is 24.4 Å². The zero-order valence-corrected chi connectivity index (χ0v) is 14.1. The van der Waals surface area contributed by atoms with Crippen LogP contribution >= 0.6 is 15.9 Å². The molecule has 1 aromatic rings. The van der Waals surface area contributed by atoms with Gasteiger partial charge in [0.2, 0.25) is 5.91 Å². The lowest BCUT2D eigenvalue weighted by Gasteiger charge is -2.35. The summed E-state index contributed by atoms with van der Waals surface area (Å²) in [5.41, 5.74) is 6.79. The number of carbonyl (C=O) groups excluding carboxylic acids is 1. The summed E-state index contributed by atoms with van der Waals surface area (Å²) in [5, 5.41) is 0. The highest BCUT2D eigenvalue weighted by Gasteiger charge is 2.34. The number of likely N-dealkylation sites (tertiary alicyclic amines) is 1. The Labute approximate surface area is 133 Å². The Morgan fingerprint density at radius 1 is 1.48 bits per heavy atom. The van der Waals surface area contributed by atoms with Gasteiger partial charge in [-0.15, -0.1) is 0 Å². The van der Waals surface area contributed by atoms with Crippen molar-refractivity contribution in [3.8, 4) is 0 Å². The Morgan fingerprint density at radius 2 is 2.19 bits per heavy atom. The molecule has 2 unspecified atom stereocenters. The monoisotopic (exact) mass is 356 g/mol. The van der Waals surface area contributed by atoms with E-state index in [2.05, 4.69) is 29.8 Å². The van der Waals surface area contributed by atoms with Crippen LogP contribution in [0, 0.1) is 11.7 Å². The fraction of sp³-hybridized carbons (Fsp3) is 0.562. The van der Waals surface area contributed by atoms with Crippen molar-refractivity contribution in [2.45, 2.75) is 45.2 Å². The number of amides is 1. The number of rotatable bonds is 3. The highest BCUT2D eigenvalue weighted by Crippen LogP contribution is 2.33. The Hall–Kier alpha value is -0.940. The third kappa shape index (κ3) is 3.83. The summed E-state index contributed by atoms with van der Waals surface area (Å²) in [6.45, 7) is 4.71. The summed E-state index contributed by atoms with van der Waals surface area (Å²) < 4.78 is 15.1. The van der Waals surface area contributed by atoms with Crippen molar-refractivity contribution >= 4 is 21.8 Å². The number of nitrogens with zero attached hydrogens (tertiary/aromatic N) is 1. The van der Waals surface area contributed by atoms with E-state index in [4.69, 9.17) is 5.73 Å². The molecule has 21 heavy (non-hydrogen) atoms. The maximum atomic E-state index is 14.3. The molecule has 5 heteroatoms. The SMILES string of the molecule is CC(C)CN1C(=O)CCCC(N)C1c1cc(Br)ccc1F. The van der Waals surface area contributed by atoms with Gasteiger partial charge in [0.15, 0.2) is 0 Å². The fourth-order valence-corrected chi connectivity index (χ4v) is 3.30. The van der Waals surface area contributed by atoms with Crippen LogP contribution in [0.25, 0.3) is 0 Å². The molecule has 0 radical (unpaired) electrons. The maximum Gasteiger partial charge on any atom is 0.223 e. The minimum Gasteiger partial charge on any atom is -0.334 e. The van der Waals surface area contributed by atoms with Gasteiger partial charge in [-0.2, -0.15) is 0 Å². The Balaban J connectivity index is 2.46. The second kappa shape index (κ2) is 6.88. The van der Waals surface area contributed by atoms with E-state index in [1.54, 1.807) is 17.0 Å². The third-order valence-corrected chi connectivity index (χ3v) is 4.32. The van der Waals surface area contributed by atoms with Crippen LogP contribution in [0.15, 0.2) is 22.7 Å². The number of hydrogen-bond acceptors (Lipinski definition) is 2. The van der Waals surface area contributed by atoms with Gasteiger partial charge in [0, 0.05) is 29.0 Å². The molecule has 1 amide bonds. The average molecular weight is 357 g/mol. The summed E-state index contributed by atoms with van der Waals surface area (Å²) >= 11 is 3.38. The molecule has 1 fully saturated rings. The molecule has 1 aliphatic rings. The van der Waals surface area contributed by atoms with Gasteiger partial charge in [-0.25, -0.2) is 4.39 Å². The van der Waals surface area contributed by atoms with Gasteiger partial charge < -0.3 is 10.6 Å². The molecule has 0 saturated carbocycles. The van der Waals surface area contributed by atoms with Gasteiger partial charge in [-0.3, -0.25) is 4.79 Å². The molecule has 0 spiro atoms. The lowest BCUT2D eigenvalue weighted by Crippen LogP contribution is -2.44. The molecule has 1 saturated heterocycles. The van der Waals surface area contributed by atoms with Gasteiger partial charge in [0.25, 0.3) is 0 Å². The molecular formula is C16H22BrFN2O. The molecule has 1 aliphatic heterocycles. The first kappa shape index (κ1) is 16.4. The van der Waals surface area contributed by atoms with Crippen LogP contribution in [0.1, 0.15) is 44.7 Å². The smallest absolute Gasteiger partial charge is 0.223 e. The summed E-state index contributed by atoms with van der Waals surface area (Å²) in [6, 6.07) is 4.20. The molecule has 2 atom stereocenters. The minimum absolute atomic E-state index is 0.0704. The predicted octanol–water partition coefficient (Wildman–Crippen LogP) is 3.63. The topological polar surface area (TPSA) is 46.3 Å². The van der Waals surface area contributed by atoms with Crippen molar-refractivity contribution in [2.75, 3.05) is 6.54 Å². The molecule has 2 rings (SSSR count). The van der Waals surface area contributed by atoms with E-state index in [-0.39, 0.29) is 23.8 Å². The first-order chi connectivity index (χ1) is 9.90. The van der Waals surface area contributed by atoms with Crippen molar-refractivity contribution in [1.82, 2.24) is 4.90 Å². The minimum atomic E-state index is -0.389. The van der Waals surface area contributed by atoms with Crippen LogP contribution in [0.5, 0.6) is 0 Å². The molecule has 0 bridgehead atoms. The molecule has 1 heterocycles. The molecule has 2 N–H and O–H groups in total. The zero-order valence-electron chi connectivity index (χ0n) is 12.5. The van der Waals surface area contributed by atoms with Crippen molar-refractivity contribution in [2.24, 2.45) is 11.7 Å². The lowest BCUT2D eigenvalue weighted by atomic mass is 9.95. The fourth-order valence-electron chi connectivity index (χ4n) is 2.93. The van der Waals surface area contributed by atoms with E-state index >= 15 is 0 Å². The van der Waals surface area contributed by atoms with E-state index in [1.807, 2.05) is 0 Å². The van der Waals surface area contributed by atoms with E-state index in [0.717, 1.165) is 17.3 Å². The normalized spacial score (nSPS) is 23.5. The second-order valence-electron chi connectivity index (χ2n) is 6.11. The van der Waals surface area contributed by atoms with Crippen LogP contribution in [-0.4, -0.2) is 23.4 Å². The van der Waals surface area contributed by atoms with Gasteiger partial charge in [0.05, 0.1) is 6.04 Å². The highest BCUT2D eigenvalue weighted by molar-refractivity contribution is 9.10. The summed E-state index contributed by atoms with van der Waals surface area (Å²) in [7, 11) is 0. The number of halogens is 2. The van der Waals surface area contributed by atoms with Gasteiger partial charge in [0.1, 0.15) is 5.82 Å². The number of nitrogens with two attached hydrogens (primary N) is 1. The standard InChI is InChI=1S/C16H22BrFN2O/c1-10(2)9-20-15(21)5-3-4-14(19)16(20)12-8-11(17)6-7-13(12)18/h6-8,10,14,16H,3-5,9,19H2,1-2H3. The van der Waals surface area contributed by atoms with Gasteiger partial charge in [-0.05, 0) is 37.0 Å². The van der Waals surface area contributed by atoms with Crippen molar-refractivity contribution in [1.29, 1.82) is 0 Å². The largest absolute Gasteiger partial charge is 0.334 e. The highest BCUT2D eigenvalue weighted by atomic mass is 79.9. The van der Waals surface area contributed by atoms with E-state index < -0.39 is 0 Å². The Kier molecular flexibility index (Phi) is 5.38. The van der Waals surface area contributed by atoms with Crippen molar-refractivity contribution in [3.63, 3.8) is 0 Å². The van der Waals surface area contributed by atoms with E-state index in [1.165, 1.54) is 6.07 Å². The molecule has 116 valence electrons. The maximum absolute atomic E-state index is 14.3. The van der Waals surface area contributed by atoms with E-state index in [9.17, 15) is 9.18 Å². The molecule has 1 aromatic carbocycles. The van der Waals surface area contributed by atoms with Crippen LogP contribution in [-0.2, 0) is 4.79 Å². The van der Waals surface area contributed by atoms with Crippen molar-refractivity contribution in [3.05, 3.63) is 34.1 Å². The molecular weight excluding hydrogens is 335 g/mol. The molecule has 0 aliphatic carbocycles. The van der Waals surface area contributed by atoms with Crippen LogP contribution < -0.4 is 5.73 Å². The first-order valence-corrected chi connectivity index (χ1v) is 8.19. The van der Waals surface area contributed by atoms with Crippen molar-refractivity contribution < 1.29 is 9.18 Å². The number of benzene rings is 1. The third-order valence-electron chi connectivity index (χ3n) is 3.83. The quantitative estimate of drug-likeness (QED) is 0.898. The summed E-state index contributed by atoms with van der Waals surface area (Å²) in [6.07, 6.45) is 1.99. The number of carbonyl (C=O) groups is 1. The molecule has 3 nitrogen and oxygen atoms in total. The summed E-state index contributed by atoms with van der Waals surface area (Å²) in [5.74, 6) is 0.0834. The van der Waals surface area contributed by atoms with Gasteiger partial charge >= 0.3 is 0 Å². The van der Waals surface area contributed by atoms with Crippen LogP contribution in [0.3, 0.4) is 0 Å². The predicted molar refractivity (Wildman–Crippen MR) is 85.2 cm³/mol. The number of hydrogen-bond donors (Lipinski definition) is 1. The summed E-state index contributed by atoms with van der Waals surface area (Å²) in [4.78, 5) is 14.2. The second-order valence-corrected chi connectivity index (χ2v) is 7.02. The van der Waals surface area contributed by atoms with Gasteiger partial charge in [-0.1, -0.05) is 29.8 Å². The Morgan fingerprint density at radius 3 is 2.86 bits per heavy atom. The Bertz CT molecular complexity index is 521. The van der Waals surface area contributed by atoms with Crippen LogP contribution in [0.2, 0.25) is 0 Å². The molecule has 0 aromatic heterocycles.